The average molecular weight is 433 g/mol. The molecule has 1 aliphatic rings. The van der Waals surface area contributed by atoms with Gasteiger partial charge >= 0.3 is 5.97 Å². The van der Waals surface area contributed by atoms with Gasteiger partial charge in [0.15, 0.2) is 0 Å². The first-order valence-corrected chi connectivity index (χ1v) is 8.54. The number of alkyl halides is 3. The Bertz CT molecular complexity index is 302. The molecule has 0 N–H and O–H groups in total. The van der Waals surface area contributed by atoms with Crippen LogP contribution in [-0.4, -0.2) is 14.2 Å². The second-order valence-corrected chi connectivity index (χ2v) is 8.44. The highest BCUT2D eigenvalue weighted by Crippen LogP contribution is 2.45. The molecule has 0 aromatic carbocycles. The van der Waals surface area contributed by atoms with Crippen LogP contribution in [0.2, 0.25) is 0 Å². The first-order chi connectivity index (χ1) is 8.00. The van der Waals surface area contributed by atoms with Gasteiger partial charge in [-0.25, -0.2) is 4.79 Å². The number of carbonyl (C=O) groups excluding carboxylic acids is 1. The summed E-state index contributed by atoms with van der Waals surface area (Å²) in [5, 5.41) is 0. The van der Waals surface area contributed by atoms with Crippen LogP contribution in [0.15, 0.2) is 11.6 Å². The third-order valence-electron chi connectivity index (χ3n) is 2.81. The zero-order chi connectivity index (χ0) is 12.9. The van der Waals surface area contributed by atoms with E-state index in [0.717, 1.165) is 18.4 Å². The third-order valence-corrected chi connectivity index (χ3v) is 6.46. The van der Waals surface area contributed by atoms with Gasteiger partial charge in [-0.1, -0.05) is 64.5 Å². The standard InChI is InChI=1S/C12H17Br3O2/c1-2-3-4-5-6-7-9-8-10(16)17-12(9,15)11(13)14/h8,11H,2-7H2,1H3. The molecule has 0 saturated carbocycles. The van der Waals surface area contributed by atoms with E-state index in [4.69, 9.17) is 4.74 Å². The van der Waals surface area contributed by atoms with Gasteiger partial charge in [-0.3, -0.25) is 0 Å². The molecule has 0 spiro atoms. The van der Waals surface area contributed by atoms with Crippen molar-refractivity contribution in [3.05, 3.63) is 11.6 Å². The van der Waals surface area contributed by atoms with E-state index in [1.165, 1.54) is 25.7 Å². The predicted octanol–water partition coefficient (Wildman–Crippen LogP) is 5.04. The van der Waals surface area contributed by atoms with E-state index in [1.54, 1.807) is 6.08 Å². The molecule has 1 rings (SSSR count). The van der Waals surface area contributed by atoms with E-state index in [9.17, 15) is 4.79 Å². The number of hydrogen-bond donors (Lipinski definition) is 0. The fourth-order valence-electron chi connectivity index (χ4n) is 1.83. The molecule has 0 aromatic rings. The maximum Gasteiger partial charge on any atom is 0.332 e. The number of ether oxygens (including phenoxy) is 1. The monoisotopic (exact) mass is 430 g/mol. The summed E-state index contributed by atoms with van der Waals surface area (Å²) in [6.45, 7) is 2.20. The van der Waals surface area contributed by atoms with Crippen molar-refractivity contribution >= 4 is 53.8 Å². The Hall–Kier alpha value is 0.650. The van der Waals surface area contributed by atoms with Gasteiger partial charge in [0, 0.05) is 6.08 Å². The average Bonchev–Trinajstić information content (AvgIpc) is 2.55. The van der Waals surface area contributed by atoms with Crippen molar-refractivity contribution in [1.82, 2.24) is 0 Å². The van der Waals surface area contributed by atoms with Gasteiger partial charge in [-0.05, 0) is 34.3 Å². The van der Waals surface area contributed by atoms with E-state index in [0.29, 0.717) is 0 Å². The predicted molar refractivity (Wildman–Crippen MR) is 80.9 cm³/mol. The minimum Gasteiger partial charge on any atom is -0.438 e. The molecule has 2 nitrogen and oxygen atoms in total. The Labute approximate surface area is 128 Å². The van der Waals surface area contributed by atoms with Crippen LogP contribution < -0.4 is 0 Å². The van der Waals surface area contributed by atoms with Crippen molar-refractivity contribution in [3.8, 4) is 0 Å². The van der Waals surface area contributed by atoms with Crippen molar-refractivity contribution in [3.63, 3.8) is 0 Å². The number of carbonyl (C=O) groups is 1. The number of cyclic esters (lactones) is 1. The summed E-state index contributed by atoms with van der Waals surface area (Å²) in [6.07, 6.45) is 8.60. The lowest BCUT2D eigenvalue weighted by molar-refractivity contribution is -0.139. The lowest BCUT2D eigenvalue weighted by atomic mass is 10.0. The molecule has 1 unspecified atom stereocenters. The summed E-state index contributed by atoms with van der Waals surface area (Å²) >= 11 is 10.3. The molecule has 0 amide bonds. The van der Waals surface area contributed by atoms with Crippen molar-refractivity contribution < 1.29 is 9.53 Å². The molecule has 0 saturated heterocycles. The zero-order valence-electron chi connectivity index (χ0n) is 9.85. The molecule has 1 atom stereocenters. The van der Waals surface area contributed by atoms with Gasteiger partial charge < -0.3 is 4.74 Å². The van der Waals surface area contributed by atoms with Gasteiger partial charge in [0.05, 0.1) is 0 Å². The smallest absolute Gasteiger partial charge is 0.332 e. The Morgan fingerprint density at radius 3 is 2.53 bits per heavy atom. The number of hydrogen-bond acceptors (Lipinski definition) is 2. The first-order valence-electron chi connectivity index (χ1n) is 5.91. The van der Waals surface area contributed by atoms with E-state index in [1.807, 2.05) is 0 Å². The van der Waals surface area contributed by atoms with Gasteiger partial charge in [0.2, 0.25) is 4.51 Å². The Morgan fingerprint density at radius 1 is 1.29 bits per heavy atom. The first kappa shape index (κ1) is 15.7. The maximum atomic E-state index is 11.3. The number of unbranched alkanes of at least 4 members (excludes halogenated alkanes) is 4. The quantitative estimate of drug-likeness (QED) is 0.320. The largest absolute Gasteiger partial charge is 0.438 e. The fourth-order valence-corrected chi connectivity index (χ4v) is 3.08. The lowest BCUT2D eigenvalue weighted by Gasteiger charge is -2.26. The van der Waals surface area contributed by atoms with Crippen LogP contribution in [0.1, 0.15) is 45.4 Å². The second kappa shape index (κ2) is 7.29. The van der Waals surface area contributed by atoms with Crippen LogP contribution >= 0.6 is 47.8 Å². The molecule has 98 valence electrons. The van der Waals surface area contributed by atoms with Gasteiger partial charge in [0.25, 0.3) is 0 Å². The van der Waals surface area contributed by atoms with Crippen molar-refractivity contribution in [2.24, 2.45) is 0 Å². The Morgan fingerprint density at radius 2 is 1.94 bits per heavy atom. The summed E-state index contributed by atoms with van der Waals surface area (Å²) in [5.74, 6) is -0.269. The highest BCUT2D eigenvalue weighted by atomic mass is 79.9. The van der Waals surface area contributed by atoms with Gasteiger partial charge in [-0.15, -0.1) is 0 Å². The van der Waals surface area contributed by atoms with Gasteiger partial charge in [-0.2, -0.15) is 0 Å². The van der Waals surface area contributed by atoms with Crippen molar-refractivity contribution in [2.75, 3.05) is 0 Å². The highest BCUT2D eigenvalue weighted by Gasteiger charge is 2.45. The van der Waals surface area contributed by atoms with Crippen molar-refractivity contribution in [2.45, 2.75) is 53.7 Å². The van der Waals surface area contributed by atoms with Crippen LogP contribution in [0.5, 0.6) is 0 Å². The van der Waals surface area contributed by atoms with E-state index in [-0.39, 0.29) is 9.71 Å². The number of esters is 1. The maximum absolute atomic E-state index is 11.3. The van der Waals surface area contributed by atoms with Crippen LogP contribution in [0.4, 0.5) is 0 Å². The molecule has 0 aromatic heterocycles. The summed E-state index contributed by atoms with van der Waals surface area (Å²) < 4.78 is 4.46. The van der Waals surface area contributed by atoms with Crippen LogP contribution in [0, 0.1) is 0 Å². The third kappa shape index (κ3) is 4.35. The normalized spacial score (nSPS) is 24.1. The molecule has 17 heavy (non-hydrogen) atoms. The molecule has 0 fully saturated rings. The highest BCUT2D eigenvalue weighted by molar-refractivity contribution is 9.25. The SMILES string of the molecule is CCCCCCCC1=CC(=O)OC1(Br)C(Br)Br. The summed E-state index contributed by atoms with van der Waals surface area (Å²) in [4.78, 5) is 11.3. The summed E-state index contributed by atoms with van der Waals surface area (Å²) in [7, 11) is 0. The molecular weight excluding hydrogens is 416 g/mol. The topological polar surface area (TPSA) is 26.3 Å². The Balaban J connectivity index is 2.45. The number of halogens is 3. The molecule has 1 aliphatic heterocycles. The molecule has 0 radical (unpaired) electrons. The number of rotatable bonds is 7. The molecule has 0 bridgehead atoms. The van der Waals surface area contributed by atoms with E-state index >= 15 is 0 Å². The van der Waals surface area contributed by atoms with Gasteiger partial charge in [0.1, 0.15) is 3.74 Å². The summed E-state index contributed by atoms with van der Waals surface area (Å²) in [6, 6.07) is 0. The lowest BCUT2D eigenvalue weighted by Crippen LogP contribution is -2.31. The fraction of sp³-hybridized carbons (Fsp3) is 0.750. The molecule has 5 heteroatoms. The van der Waals surface area contributed by atoms with Crippen LogP contribution in [0.3, 0.4) is 0 Å². The zero-order valence-corrected chi connectivity index (χ0v) is 14.6. The Kier molecular flexibility index (Phi) is 6.74. The minimum absolute atomic E-state index is 0.115. The second-order valence-electron chi connectivity index (χ2n) is 4.20. The minimum atomic E-state index is -0.713. The molecular formula is C12H17Br3O2. The van der Waals surface area contributed by atoms with Crippen molar-refractivity contribution in [1.29, 1.82) is 0 Å². The van der Waals surface area contributed by atoms with E-state index < -0.39 is 4.51 Å². The summed E-state index contributed by atoms with van der Waals surface area (Å²) in [5.41, 5.74) is 1.01. The van der Waals surface area contributed by atoms with Crippen LogP contribution in [-0.2, 0) is 9.53 Å². The van der Waals surface area contributed by atoms with Crippen LogP contribution in [0.25, 0.3) is 0 Å². The molecule has 0 aliphatic carbocycles. The molecule has 1 heterocycles. The van der Waals surface area contributed by atoms with E-state index in [2.05, 4.69) is 54.7 Å².